The van der Waals surface area contributed by atoms with Crippen LogP contribution in [0.1, 0.15) is 33.6 Å². The van der Waals surface area contributed by atoms with Crippen molar-refractivity contribution in [2.45, 2.75) is 45.3 Å². The first-order chi connectivity index (χ1) is 8.35. The van der Waals surface area contributed by atoms with Crippen LogP contribution < -0.4 is 5.32 Å². The third-order valence-corrected chi connectivity index (χ3v) is 2.82. The zero-order chi connectivity index (χ0) is 13.8. The maximum atomic E-state index is 12.0. The summed E-state index contributed by atoms with van der Waals surface area (Å²) in [6.45, 7) is 6.54. The van der Waals surface area contributed by atoms with Gasteiger partial charge in [-0.1, -0.05) is 0 Å². The molecule has 1 fully saturated rings. The fourth-order valence-corrected chi connectivity index (χ4v) is 1.99. The van der Waals surface area contributed by atoms with Crippen molar-refractivity contribution in [3.63, 3.8) is 0 Å². The quantitative estimate of drug-likeness (QED) is 0.766. The molecule has 1 aliphatic heterocycles. The van der Waals surface area contributed by atoms with Gasteiger partial charge in [0.1, 0.15) is 11.6 Å². The number of carbonyl (C=O) groups excluding carboxylic acids is 2. The van der Waals surface area contributed by atoms with Crippen LogP contribution in [0.25, 0.3) is 0 Å². The fraction of sp³-hybridized carbons (Fsp3) is 0.833. The van der Waals surface area contributed by atoms with E-state index in [1.165, 1.54) is 4.90 Å². The van der Waals surface area contributed by atoms with Gasteiger partial charge >= 0.3 is 6.09 Å². The molecule has 1 rings (SSSR count). The molecule has 0 saturated carbocycles. The molecule has 1 N–H and O–H groups in total. The minimum atomic E-state index is -0.536. The van der Waals surface area contributed by atoms with Gasteiger partial charge in [0.25, 0.3) is 0 Å². The first-order valence-electron chi connectivity index (χ1n) is 6.23. The normalized spacial score (nSPS) is 19.8. The van der Waals surface area contributed by atoms with Gasteiger partial charge in [-0.3, -0.25) is 9.69 Å². The second-order valence-corrected chi connectivity index (χ2v) is 5.79. The molecular formula is C12H22N2O3S. The van der Waals surface area contributed by atoms with Crippen LogP contribution >= 0.6 is 12.6 Å². The van der Waals surface area contributed by atoms with Gasteiger partial charge in [0.2, 0.25) is 5.91 Å². The van der Waals surface area contributed by atoms with E-state index >= 15 is 0 Å². The van der Waals surface area contributed by atoms with Crippen LogP contribution in [-0.2, 0) is 9.53 Å². The number of nitrogens with one attached hydrogen (secondary N) is 1. The smallest absolute Gasteiger partial charge is 0.410 e. The summed E-state index contributed by atoms with van der Waals surface area (Å²) in [6, 6.07) is -0.403. The largest absolute Gasteiger partial charge is 0.444 e. The lowest BCUT2D eigenvalue weighted by Crippen LogP contribution is -2.47. The van der Waals surface area contributed by atoms with Crippen LogP contribution in [0.2, 0.25) is 0 Å². The highest BCUT2D eigenvalue weighted by Gasteiger charge is 2.36. The molecule has 1 atom stereocenters. The maximum Gasteiger partial charge on any atom is 0.410 e. The van der Waals surface area contributed by atoms with Crippen molar-refractivity contribution in [3.05, 3.63) is 0 Å². The van der Waals surface area contributed by atoms with E-state index in [-0.39, 0.29) is 5.91 Å². The van der Waals surface area contributed by atoms with E-state index in [9.17, 15) is 9.59 Å². The van der Waals surface area contributed by atoms with Crippen LogP contribution in [0.5, 0.6) is 0 Å². The lowest BCUT2D eigenvalue weighted by Gasteiger charge is -2.27. The van der Waals surface area contributed by atoms with Gasteiger partial charge in [-0.25, -0.2) is 4.79 Å². The van der Waals surface area contributed by atoms with Crippen molar-refractivity contribution in [2.75, 3.05) is 18.8 Å². The minimum Gasteiger partial charge on any atom is -0.444 e. The number of likely N-dealkylation sites (tertiary alicyclic amines) is 1. The number of rotatable bonds is 3. The molecule has 0 unspecified atom stereocenters. The lowest BCUT2D eigenvalue weighted by molar-refractivity contribution is -0.125. The van der Waals surface area contributed by atoms with E-state index in [0.717, 1.165) is 6.42 Å². The Morgan fingerprint density at radius 1 is 1.44 bits per heavy atom. The highest BCUT2D eigenvalue weighted by atomic mass is 32.1. The number of nitrogens with zero attached hydrogens (tertiary/aromatic N) is 1. The predicted octanol–water partition coefficient (Wildman–Crippen LogP) is 1.43. The van der Waals surface area contributed by atoms with Crippen LogP contribution in [0.3, 0.4) is 0 Å². The summed E-state index contributed by atoms with van der Waals surface area (Å²) in [4.78, 5) is 25.4. The van der Waals surface area contributed by atoms with Crippen LogP contribution in [0, 0.1) is 0 Å². The second kappa shape index (κ2) is 6.31. The Kier molecular flexibility index (Phi) is 5.31. The molecule has 0 aromatic rings. The van der Waals surface area contributed by atoms with Crippen molar-refractivity contribution in [2.24, 2.45) is 0 Å². The number of ether oxygens (including phenoxy) is 1. The number of carbonyl (C=O) groups is 2. The van der Waals surface area contributed by atoms with E-state index in [4.69, 9.17) is 4.74 Å². The topological polar surface area (TPSA) is 58.6 Å². The zero-order valence-corrected chi connectivity index (χ0v) is 12.1. The monoisotopic (exact) mass is 274 g/mol. The number of hydrogen-bond acceptors (Lipinski definition) is 4. The van der Waals surface area contributed by atoms with Crippen molar-refractivity contribution < 1.29 is 14.3 Å². The first kappa shape index (κ1) is 15.1. The minimum absolute atomic E-state index is 0.118. The highest BCUT2D eigenvalue weighted by molar-refractivity contribution is 7.80. The average molecular weight is 274 g/mol. The van der Waals surface area contributed by atoms with E-state index < -0.39 is 17.7 Å². The predicted molar refractivity (Wildman–Crippen MR) is 72.8 cm³/mol. The lowest BCUT2D eigenvalue weighted by atomic mass is 10.2. The summed E-state index contributed by atoms with van der Waals surface area (Å²) in [6.07, 6.45) is 1.11. The molecule has 1 heterocycles. The Balaban J connectivity index is 2.59. The van der Waals surface area contributed by atoms with E-state index in [1.807, 2.05) is 20.8 Å². The van der Waals surface area contributed by atoms with E-state index in [2.05, 4.69) is 17.9 Å². The summed E-state index contributed by atoms with van der Waals surface area (Å²) in [5.41, 5.74) is -0.536. The third-order valence-electron chi connectivity index (χ3n) is 2.59. The Hall–Kier alpha value is -0.910. The molecule has 0 spiro atoms. The molecule has 0 aromatic heterocycles. The molecule has 0 bridgehead atoms. The zero-order valence-electron chi connectivity index (χ0n) is 11.2. The van der Waals surface area contributed by atoms with Crippen molar-refractivity contribution in [1.82, 2.24) is 10.2 Å². The third kappa shape index (κ3) is 4.40. The van der Waals surface area contributed by atoms with Gasteiger partial charge < -0.3 is 10.1 Å². The Morgan fingerprint density at radius 2 is 2.11 bits per heavy atom. The number of amides is 2. The van der Waals surface area contributed by atoms with Crippen molar-refractivity contribution >= 4 is 24.6 Å². The van der Waals surface area contributed by atoms with Gasteiger partial charge in [0.15, 0.2) is 0 Å². The van der Waals surface area contributed by atoms with Crippen LogP contribution in [-0.4, -0.2) is 47.4 Å². The Bertz CT molecular complexity index is 315. The number of thiol groups is 1. The standard InChI is InChI=1S/C12H22N2O3S/c1-12(2,3)17-11(16)14-7-4-5-9(14)10(15)13-6-8-18/h9,18H,4-8H2,1-3H3,(H,13,15)/t9-/m1/s1. The molecule has 0 aromatic carbocycles. The van der Waals surface area contributed by atoms with E-state index in [0.29, 0.717) is 25.3 Å². The molecule has 5 nitrogen and oxygen atoms in total. The highest BCUT2D eigenvalue weighted by Crippen LogP contribution is 2.20. The summed E-state index contributed by atoms with van der Waals surface area (Å²) in [7, 11) is 0. The van der Waals surface area contributed by atoms with Crippen LogP contribution in [0.15, 0.2) is 0 Å². The summed E-state index contributed by atoms with van der Waals surface area (Å²) in [5, 5.41) is 2.76. The molecular weight excluding hydrogens is 252 g/mol. The van der Waals surface area contributed by atoms with Gasteiger partial charge in [-0.05, 0) is 33.6 Å². The van der Waals surface area contributed by atoms with Gasteiger partial charge in [0.05, 0.1) is 0 Å². The van der Waals surface area contributed by atoms with Crippen LogP contribution in [0.4, 0.5) is 4.79 Å². The first-order valence-corrected chi connectivity index (χ1v) is 6.86. The summed E-state index contributed by atoms with van der Waals surface area (Å²) < 4.78 is 5.30. The van der Waals surface area contributed by atoms with Crippen molar-refractivity contribution in [1.29, 1.82) is 0 Å². The summed E-state index contributed by atoms with van der Waals surface area (Å²) in [5.74, 6) is 0.470. The molecule has 104 valence electrons. The number of hydrogen-bond donors (Lipinski definition) is 2. The second-order valence-electron chi connectivity index (χ2n) is 5.35. The Morgan fingerprint density at radius 3 is 2.67 bits per heavy atom. The molecule has 2 amide bonds. The summed E-state index contributed by atoms with van der Waals surface area (Å²) >= 11 is 4.04. The molecule has 18 heavy (non-hydrogen) atoms. The van der Waals surface area contributed by atoms with Gasteiger partial charge in [-0.2, -0.15) is 12.6 Å². The van der Waals surface area contributed by atoms with Crippen molar-refractivity contribution in [3.8, 4) is 0 Å². The SMILES string of the molecule is CC(C)(C)OC(=O)N1CCC[C@@H]1C(=O)NCCS. The molecule has 6 heteroatoms. The fourth-order valence-electron chi connectivity index (χ4n) is 1.88. The molecule has 0 radical (unpaired) electrons. The molecule has 0 aliphatic carbocycles. The molecule has 1 aliphatic rings. The van der Waals surface area contributed by atoms with Gasteiger partial charge in [0, 0.05) is 18.8 Å². The van der Waals surface area contributed by atoms with Gasteiger partial charge in [-0.15, -0.1) is 0 Å². The Labute approximate surface area is 114 Å². The average Bonchev–Trinajstić information content (AvgIpc) is 2.72. The molecule has 1 saturated heterocycles. The van der Waals surface area contributed by atoms with E-state index in [1.54, 1.807) is 0 Å². The maximum absolute atomic E-state index is 12.0.